The number of carbonyl (C=O) groups is 1. The van der Waals surface area contributed by atoms with Crippen LogP contribution >= 0.6 is 0 Å². The predicted molar refractivity (Wildman–Crippen MR) is 43.4 cm³/mol. The van der Waals surface area contributed by atoms with Gasteiger partial charge in [0.2, 0.25) is 0 Å². The van der Waals surface area contributed by atoms with Gasteiger partial charge < -0.3 is 4.74 Å². The maximum Gasteiger partial charge on any atom is 0.306 e. The van der Waals surface area contributed by atoms with Gasteiger partial charge in [0.15, 0.2) is 5.83 Å². The fraction of sp³-hybridized carbons (Fsp3) is 0. The Morgan fingerprint density at radius 3 is 2.14 bits per heavy atom. The number of carbonyl (C=O) groups excluding carboxylic acids is 1. The number of rotatable bonds is 3. The van der Waals surface area contributed by atoms with Crippen LogP contribution in [0, 0.1) is 0 Å². The molecule has 0 fully saturated rings. The van der Waals surface area contributed by atoms with Crippen molar-refractivity contribution in [3.63, 3.8) is 0 Å². The summed E-state index contributed by atoms with van der Waals surface area (Å²) in [6, 6.07) is 4.61. The SMILES string of the molecule is O=COc1ccc(C(F)=C(F)F)cc1. The van der Waals surface area contributed by atoms with Gasteiger partial charge in [-0.3, -0.25) is 4.79 Å². The van der Waals surface area contributed by atoms with Crippen molar-refractivity contribution in [2.75, 3.05) is 0 Å². The Kier molecular flexibility index (Phi) is 3.28. The van der Waals surface area contributed by atoms with E-state index in [4.69, 9.17) is 0 Å². The molecule has 1 aromatic rings. The Balaban J connectivity index is 2.94. The Morgan fingerprint density at radius 2 is 1.71 bits per heavy atom. The van der Waals surface area contributed by atoms with Gasteiger partial charge >= 0.3 is 6.08 Å². The standard InChI is InChI=1S/C9H5F3O2/c10-8(9(11)12)6-1-3-7(4-2-6)14-5-13/h1-5H. The molecule has 0 aliphatic rings. The molecule has 5 heteroatoms. The number of ether oxygens (including phenoxy) is 1. The van der Waals surface area contributed by atoms with Crippen LogP contribution in [0.2, 0.25) is 0 Å². The molecule has 0 saturated carbocycles. The first kappa shape index (κ1) is 10.3. The fourth-order valence-electron chi connectivity index (χ4n) is 0.844. The van der Waals surface area contributed by atoms with Crippen molar-refractivity contribution >= 4 is 12.3 Å². The summed E-state index contributed by atoms with van der Waals surface area (Å²) in [6.07, 6.45) is -2.38. The zero-order chi connectivity index (χ0) is 10.6. The third-order valence-electron chi connectivity index (χ3n) is 1.46. The van der Waals surface area contributed by atoms with Crippen LogP contribution in [0.15, 0.2) is 30.3 Å². The molecule has 14 heavy (non-hydrogen) atoms. The Bertz CT molecular complexity index is 353. The maximum absolute atomic E-state index is 12.6. The molecule has 0 saturated heterocycles. The van der Waals surface area contributed by atoms with E-state index in [1.165, 1.54) is 12.1 Å². The van der Waals surface area contributed by atoms with Crippen molar-refractivity contribution in [1.29, 1.82) is 0 Å². The molecule has 0 radical (unpaired) electrons. The highest BCUT2D eigenvalue weighted by Crippen LogP contribution is 2.23. The summed E-state index contributed by atoms with van der Waals surface area (Å²) >= 11 is 0. The van der Waals surface area contributed by atoms with Gasteiger partial charge in [0.25, 0.3) is 6.47 Å². The molecule has 0 aromatic heterocycles. The van der Waals surface area contributed by atoms with Crippen LogP contribution in [0.4, 0.5) is 13.2 Å². The average Bonchev–Trinajstić information content (AvgIpc) is 2.18. The fourth-order valence-corrected chi connectivity index (χ4v) is 0.844. The molecule has 0 heterocycles. The highest BCUT2D eigenvalue weighted by atomic mass is 19.3. The Morgan fingerprint density at radius 1 is 1.14 bits per heavy atom. The predicted octanol–water partition coefficient (Wildman–Crippen LogP) is 2.76. The van der Waals surface area contributed by atoms with Gasteiger partial charge in [-0.05, 0) is 24.3 Å². The summed E-state index contributed by atoms with van der Waals surface area (Å²) in [5, 5.41) is 0. The molecule has 74 valence electrons. The second kappa shape index (κ2) is 4.45. The van der Waals surface area contributed by atoms with Crippen molar-refractivity contribution in [2.45, 2.75) is 0 Å². The highest BCUT2D eigenvalue weighted by molar-refractivity contribution is 5.60. The second-order valence-corrected chi connectivity index (χ2v) is 2.31. The van der Waals surface area contributed by atoms with E-state index in [-0.39, 0.29) is 17.8 Å². The second-order valence-electron chi connectivity index (χ2n) is 2.31. The van der Waals surface area contributed by atoms with Crippen molar-refractivity contribution in [2.24, 2.45) is 0 Å². The van der Waals surface area contributed by atoms with Crippen LogP contribution in [0.5, 0.6) is 5.75 Å². The van der Waals surface area contributed by atoms with Gasteiger partial charge in [0.1, 0.15) is 5.75 Å². The first-order valence-electron chi connectivity index (χ1n) is 3.56. The maximum atomic E-state index is 12.6. The van der Waals surface area contributed by atoms with Crippen molar-refractivity contribution in [3.05, 3.63) is 35.9 Å². The Labute approximate surface area is 77.6 Å². The number of benzene rings is 1. The number of hydrogen-bond acceptors (Lipinski definition) is 2. The number of hydrogen-bond donors (Lipinski definition) is 0. The van der Waals surface area contributed by atoms with Crippen molar-refractivity contribution in [1.82, 2.24) is 0 Å². The quantitative estimate of drug-likeness (QED) is 0.704. The monoisotopic (exact) mass is 202 g/mol. The summed E-state index contributed by atoms with van der Waals surface area (Å²) in [5.41, 5.74) is -0.261. The van der Waals surface area contributed by atoms with Crippen molar-refractivity contribution in [3.8, 4) is 5.75 Å². The first-order chi connectivity index (χ1) is 6.65. The molecule has 0 atom stereocenters. The van der Waals surface area contributed by atoms with E-state index >= 15 is 0 Å². The molecule has 0 N–H and O–H groups in total. The molecular weight excluding hydrogens is 197 g/mol. The van der Waals surface area contributed by atoms with Crippen LogP contribution in [0.3, 0.4) is 0 Å². The summed E-state index contributed by atoms with van der Waals surface area (Å²) in [7, 11) is 0. The lowest BCUT2D eigenvalue weighted by Gasteiger charge is -1.99. The summed E-state index contributed by atoms with van der Waals surface area (Å²) < 4.78 is 40.5. The molecule has 0 unspecified atom stereocenters. The van der Waals surface area contributed by atoms with Gasteiger partial charge in [-0.2, -0.15) is 8.78 Å². The van der Waals surface area contributed by atoms with E-state index in [9.17, 15) is 18.0 Å². The lowest BCUT2D eigenvalue weighted by Crippen LogP contribution is -1.88. The summed E-state index contributed by atoms with van der Waals surface area (Å²) in [5.74, 6) is -1.42. The summed E-state index contributed by atoms with van der Waals surface area (Å²) in [6.45, 7) is 0.191. The number of halogens is 3. The molecular formula is C9H5F3O2. The first-order valence-corrected chi connectivity index (χ1v) is 3.56. The molecule has 2 nitrogen and oxygen atoms in total. The van der Waals surface area contributed by atoms with Gasteiger partial charge in [-0.25, -0.2) is 4.39 Å². The van der Waals surface area contributed by atoms with Crippen LogP contribution in [-0.2, 0) is 4.79 Å². The third-order valence-corrected chi connectivity index (χ3v) is 1.46. The van der Waals surface area contributed by atoms with E-state index in [1.807, 2.05) is 0 Å². The lowest BCUT2D eigenvalue weighted by molar-refractivity contribution is -0.120. The van der Waals surface area contributed by atoms with E-state index in [2.05, 4.69) is 4.74 Å². The Hall–Kier alpha value is -1.78. The smallest absolute Gasteiger partial charge is 0.306 e. The van der Waals surface area contributed by atoms with Gasteiger partial charge in [-0.15, -0.1) is 0 Å². The molecule has 0 spiro atoms. The van der Waals surface area contributed by atoms with Crippen LogP contribution in [0.1, 0.15) is 5.56 Å². The normalized spacial score (nSPS) is 9.36. The van der Waals surface area contributed by atoms with Gasteiger partial charge in [0, 0.05) is 5.56 Å². The van der Waals surface area contributed by atoms with Crippen LogP contribution in [-0.4, -0.2) is 6.47 Å². The molecule has 0 aliphatic heterocycles. The zero-order valence-corrected chi connectivity index (χ0v) is 6.84. The average molecular weight is 202 g/mol. The van der Waals surface area contributed by atoms with E-state index in [0.717, 1.165) is 12.1 Å². The molecule has 0 aliphatic carbocycles. The van der Waals surface area contributed by atoms with E-state index in [1.54, 1.807) is 0 Å². The van der Waals surface area contributed by atoms with Crippen molar-refractivity contribution < 1.29 is 22.7 Å². The minimum Gasteiger partial charge on any atom is -0.429 e. The van der Waals surface area contributed by atoms with E-state index < -0.39 is 11.9 Å². The van der Waals surface area contributed by atoms with Crippen LogP contribution < -0.4 is 4.74 Å². The highest BCUT2D eigenvalue weighted by Gasteiger charge is 2.07. The topological polar surface area (TPSA) is 26.3 Å². The largest absolute Gasteiger partial charge is 0.429 e. The minimum absolute atomic E-state index is 0.163. The van der Waals surface area contributed by atoms with Gasteiger partial charge in [0.05, 0.1) is 0 Å². The molecule has 1 rings (SSSR count). The molecule has 0 amide bonds. The lowest BCUT2D eigenvalue weighted by atomic mass is 10.2. The molecule has 0 bridgehead atoms. The third kappa shape index (κ3) is 2.35. The molecule has 1 aromatic carbocycles. The minimum atomic E-state index is -2.38. The van der Waals surface area contributed by atoms with Gasteiger partial charge in [-0.1, -0.05) is 0 Å². The summed E-state index contributed by atoms with van der Waals surface area (Å²) in [4.78, 5) is 9.88. The van der Waals surface area contributed by atoms with Crippen LogP contribution in [0.25, 0.3) is 5.83 Å². The van der Waals surface area contributed by atoms with E-state index in [0.29, 0.717) is 0 Å². The zero-order valence-electron chi connectivity index (χ0n) is 6.84.